The molecule has 0 spiro atoms. The minimum Gasteiger partial charge on any atom is -0.478 e. The summed E-state index contributed by atoms with van der Waals surface area (Å²) in [5.74, 6) is -4.55. The van der Waals surface area contributed by atoms with Gasteiger partial charge in [0, 0.05) is 6.07 Å². The van der Waals surface area contributed by atoms with Gasteiger partial charge in [0.1, 0.15) is 16.5 Å². The van der Waals surface area contributed by atoms with E-state index in [9.17, 15) is 18.4 Å². The fourth-order valence-electron chi connectivity index (χ4n) is 1.43. The number of anilines is 1. The third kappa shape index (κ3) is 2.62. The maximum absolute atomic E-state index is 13.5. The van der Waals surface area contributed by atoms with Crippen molar-refractivity contribution in [3.63, 3.8) is 0 Å². The molecule has 0 atom stereocenters. The first-order valence-electron chi connectivity index (χ1n) is 5.22. The summed E-state index contributed by atoms with van der Waals surface area (Å²) in [6.07, 6.45) is 0. The van der Waals surface area contributed by atoms with Crippen LogP contribution in [0.15, 0.2) is 12.1 Å². The second-order valence-electron chi connectivity index (χ2n) is 3.76. The van der Waals surface area contributed by atoms with Crippen molar-refractivity contribution >= 4 is 29.1 Å². The molecule has 1 aromatic heterocycles. The van der Waals surface area contributed by atoms with E-state index in [4.69, 9.17) is 5.11 Å². The number of aromatic nitrogens is 2. The molecule has 0 radical (unpaired) electrons. The molecule has 2 rings (SSSR count). The fourth-order valence-corrected chi connectivity index (χ4v) is 1.98. The Bertz CT molecular complexity index is 702. The zero-order valence-electron chi connectivity index (χ0n) is 9.98. The molecular weight excluding hydrogens is 292 g/mol. The van der Waals surface area contributed by atoms with Gasteiger partial charge in [0.2, 0.25) is 0 Å². The lowest BCUT2D eigenvalue weighted by Crippen LogP contribution is -2.14. The molecule has 20 heavy (non-hydrogen) atoms. The number of carboxylic acids is 1. The zero-order chi connectivity index (χ0) is 14.9. The van der Waals surface area contributed by atoms with Gasteiger partial charge < -0.3 is 10.4 Å². The second-order valence-corrected chi connectivity index (χ2v) is 4.51. The highest BCUT2D eigenvalue weighted by Gasteiger charge is 2.19. The van der Waals surface area contributed by atoms with Gasteiger partial charge in [0.05, 0.1) is 16.9 Å². The van der Waals surface area contributed by atoms with Crippen LogP contribution >= 0.6 is 11.5 Å². The molecule has 0 fully saturated rings. The number of amides is 1. The number of benzene rings is 1. The first-order chi connectivity index (χ1) is 9.40. The number of hydrogen-bond donors (Lipinski definition) is 2. The van der Waals surface area contributed by atoms with E-state index in [0.29, 0.717) is 17.8 Å². The molecule has 104 valence electrons. The predicted octanol–water partition coefficient (Wildman–Crippen LogP) is 2.08. The third-order valence-corrected chi connectivity index (χ3v) is 3.22. The Kier molecular flexibility index (Phi) is 3.70. The number of carbonyl (C=O) groups is 2. The minimum absolute atomic E-state index is 0.158. The van der Waals surface area contributed by atoms with Crippen LogP contribution in [0.5, 0.6) is 0 Å². The molecule has 2 N–H and O–H groups in total. The average molecular weight is 299 g/mol. The van der Waals surface area contributed by atoms with Crippen molar-refractivity contribution in [1.29, 1.82) is 0 Å². The molecular formula is C11H7F2N3O3S. The normalized spacial score (nSPS) is 10.3. The van der Waals surface area contributed by atoms with Gasteiger partial charge in [-0.2, -0.15) is 0 Å². The molecule has 1 amide bonds. The lowest BCUT2D eigenvalue weighted by Gasteiger charge is -2.07. The van der Waals surface area contributed by atoms with Crippen LogP contribution in [0.4, 0.5) is 14.5 Å². The van der Waals surface area contributed by atoms with Crippen molar-refractivity contribution in [1.82, 2.24) is 9.59 Å². The summed E-state index contributed by atoms with van der Waals surface area (Å²) in [7, 11) is 0. The molecule has 0 saturated carbocycles. The monoisotopic (exact) mass is 299 g/mol. The van der Waals surface area contributed by atoms with Crippen LogP contribution < -0.4 is 5.32 Å². The van der Waals surface area contributed by atoms with Crippen molar-refractivity contribution in [2.24, 2.45) is 0 Å². The van der Waals surface area contributed by atoms with Gasteiger partial charge in [-0.25, -0.2) is 13.6 Å². The average Bonchev–Trinajstić information content (AvgIpc) is 2.78. The van der Waals surface area contributed by atoms with E-state index in [1.54, 1.807) is 6.92 Å². The van der Waals surface area contributed by atoms with E-state index in [-0.39, 0.29) is 4.88 Å². The van der Waals surface area contributed by atoms with Crippen LogP contribution in [0.1, 0.15) is 25.7 Å². The number of nitrogens with zero attached hydrogens (tertiary/aromatic N) is 2. The van der Waals surface area contributed by atoms with E-state index in [1.165, 1.54) is 0 Å². The largest absolute Gasteiger partial charge is 0.478 e. The summed E-state index contributed by atoms with van der Waals surface area (Å²) in [5, 5.41) is 14.5. The summed E-state index contributed by atoms with van der Waals surface area (Å²) < 4.78 is 30.3. The van der Waals surface area contributed by atoms with Gasteiger partial charge in [-0.05, 0) is 24.5 Å². The molecule has 0 aliphatic carbocycles. The maximum atomic E-state index is 13.5. The van der Waals surface area contributed by atoms with E-state index >= 15 is 0 Å². The van der Waals surface area contributed by atoms with Gasteiger partial charge in [-0.15, -0.1) is 5.10 Å². The molecule has 2 aromatic rings. The Morgan fingerprint density at radius 1 is 1.30 bits per heavy atom. The maximum Gasteiger partial charge on any atom is 0.338 e. The van der Waals surface area contributed by atoms with Crippen molar-refractivity contribution in [3.8, 4) is 0 Å². The Morgan fingerprint density at radius 2 is 2.00 bits per heavy atom. The fraction of sp³-hybridized carbons (Fsp3) is 0.0909. The number of aromatic carboxylic acids is 1. The van der Waals surface area contributed by atoms with E-state index in [1.807, 2.05) is 0 Å². The highest BCUT2D eigenvalue weighted by Crippen LogP contribution is 2.21. The van der Waals surface area contributed by atoms with Crippen LogP contribution in [-0.4, -0.2) is 26.6 Å². The molecule has 0 aliphatic heterocycles. The molecule has 0 bridgehead atoms. The van der Waals surface area contributed by atoms with Crippen LogP contribution in [0.2, 0.25) is 0 Å². The number of rotatable bonds is 3. The Balaban J connectivity index is 2.34. The molecule has 9 heteroatoms. The quantitative estimate of drug-likeness (QED) is 0.905. The number of nitrogens with one attached hydrogen (secondary N) is 1. The molecule has 0 unspecified atom stereocenters. The molecule has 1 heterocycles. The van der Waals surface area contributed by atoms with Crippen LogP contribution in [0.25, 0.3) is 0 Å². The van der Waals surface area contributed by atoms with Gasteiger partial charge in [-0.3, -0.25) is 4.79 Å². The first-order valence-corrected chi connectivity index (χ1v) is 6.00. The van der Waals surface area contributed by atoms with Crippen molar-refractivity contribution in [2.75, 3.05) is 5.32 Å². The Morgan fingerprint density at radius 3 is 2.55 bits per heavy atom. The zero-order valence-corrected chi connectivity index (χ0v) is 10.8. The van der Waals surface area contributed by atoms with Crippen LogP contribution in [-0.2, 0) is 0 Å². The predicted molar refractivity (Wildman–Crippen MR) is 65.9 cm³/mol. The number of aryl methyl sites for hydroxylation is 1. The first kappa shape index (κ1) is 14.0. The standard InChI is InChI=1S/C11H7F2N3O3S/c1-4-9(20-16-15-4)10(17)14-8-2-5(11(18)19)6(12)3-7(8)13/h2-3H,1H3,(H,14,17)(H,18,19). The number of carboxylic acid groups (broad SMARTS) is 1. The number of hydrogen-bond acceptors (Lipinski definition) is 5. The summed E-state index contributed by atoms with van der Waals surface area (Å²) in [4.78, 5) is 22.7. The lowest BCUT2D eigenvalue weighted by atomic mass is 10.1. The summed E-state index contributed by atoms with van der Waals surface area (Å²) in [6, 6.07) is 1.12. The van der Waals surface area contributed by atoms with Gasteiger partial charge in [0.15, 0.2) is 0 Å². The second kappa shape index (κ2) is 5.29. The van der Waals surface area contributed by atoms with Crippen LogP contribution in [0.3, 0.4) is 0 Å². The van der Waals surface area contributed by atoms with Crippen molar-refractivity contribution in [2.45, 2.75) is 6.92 Å². The number of halogens is 2. The topological polar surface area (TPSA) is 92.2 Å². The van der Waals surface area contributed by atoms with Gasteiger partial charge in [0.25, 0.3) is 5.91 Å². The third-order valence-electron chi connectivity index (χ3n) is 2.39. The lowest BCUT2D eigenvalue weighted by molar-refractivity contribution is 0.0691. The SMILES string of the molecule is Cc1nnsc1C(=O)Nc1cc(C(=O)O)c(F)cc1F. The van der Waals surface area contributed by atoms with Gasteiger partial charge >= 0.3 is 5.97 Å². The molecule has 0 saturated heterocycles. The molecule has 6 nitrogen and oxygen atoms in total. The number of carbonyl (C=O) groups excluding carboxylic acids is 1. The smallest absolute Gasteiger partial charge is 0.338 e. The summed E-state index contributed by atoms with van der Waals surface area (Å²) in [5.41, 5.74) is -0.809. The van der Waals surface area contributed by atoms with Crippen molar-refractivity contribution < 1.29 is 23.5 Å². The highest BCUT2D eigenvalue weighted by atomic mass is 32.1. The van der Waals surface area contributed by atoms with Crippen LogP contribution in [0, 0.1) is 18.6 Å². The van der Waals surface area contributed by atoms with Crippen molar-refractivity contribution in [3.05, 3.63) is 39.9 Å². The van der Waals surface area contributed by atoms with Gasteiger partial charge in [-0.1, -0.05) is 4.49 Å². The molecule has 1 aromatic carbocycles. The summed E-state index contributed by atoms with van der Waals surface area (Å²) >= 11 is 0.810. The summed E-state index contributed by atoms with van der Waals surface area (Å²) in [6.45, 7) is 1.54. The highest BCUT2D eigenvalue weighted by molar-refractivity contribution is 7.08. The minimum atomic E-state index is -1.56. The Labute approximate surface area is 115 Å². The van der Waals surface area contributed by atoms with E-state index in [0.717, 1.165) is 11.5 Å². The van der Waals surface area contributed by atoms with E-state index in [2.05, 4.69) is 14.9 Å². The Hall–Kier alpha value is -2.42. The molecule has 0 aliphatic rings. The van der Waals surface area contributed by atoms with E-state index < -0.39 is 34.8 Å².